The maximum absolute atomic E-state index is 12.7. The van der Waals surface area contributed by atoms with Gasteiger partial charge in [-0.15, -0.1) is 0 Å². The van der Waals surface area contributed by atoms with E-state index in [1.54, 1.807) is 6.07 Å². The number of aromatic nitrogens is 5. The van der Waals surface area contributed by atoms with Gasteiger partial charge in [0.25, 0.3) is 5.91 Å². The van der Waals surface area contributed by atoms with Crippen LogP contribution in [0.4, 0.5) is 0 Å². The number of H-pyrrole nitrogens is 2. The Morgan fingerprint density at radius 1 is 1.12 bits per heavy atom. The summed E-state index contributed by atoms with van der Waals surface area (Å²) >= 11 is 0. The van der Waals surface area contributed by atoms with Gasteiger partial charge in [0.15, 0.2) is 5.82 Å². The molecule has 1 aliphatic carbocycles. The van der Waals surface area contributed by atoms with Gasteiger partial charge in [0, 0.05) is 11.3 Å². The number of carbonyl (C=O) groups is 1. The molecule has 3 aromatic rings. The van der Waals surface area contributed by atoms with Gasteiger partial charge in [0.1, 0.15) is 6.33 Å². The highest BCUT2D eigenvalue weighted by molar-refractivity contribution is 6.00. The average molecular weight is 336 g/mol. The fourth-order valence-corrected chi connectivity index (χ4v) is 3.35. The Labute approximate surface area is 145 Å². The lowest BCUT2D eigenvalue weighted by molar-refractivity contribution is 0.0951. The molecule has 1 aromatic carbocycles. The zero-order valence-corrected chi connectivity index (χ0v) is 13.9. The normalized spacial score (nSPS) is 13.9. The van der Waals surface area contributed by atoms with Gasteiger partial charge >= 0.3 is 0 Å². The minimum atomic E-state index is -0.141. The number of hydrogen-bond acceptors (Lipinski definition) is 4. The molecule has 0 fully saturated rings. The summed E-state index contributed by atoms with van der Waals surface area (Å²) in [5.41, 5.74) is 4.76. The van der Waals surface area contributed by atoms with Crippen molar-refractivity contribution in [2.45, 2.75) is 38.6 Å². The summed E-state index contributed by atoms with van der Waals surface area (Å²) in [6.45, 7) is 0.426. The highest BCUT2D eigenvalue weighted by Gasteiger charge is 2.18. The van der Waals surface area contributed by atoms with Crippen LogP contribution in [0.2, 0.25) is 0 Å². The molecule has 128 valence electrons. The number of nitrogens with one attached hydrogen (secondary N) is 3. The third kappa shape index (κ3) is 3.17. The van der Waals surface area contributed by atoms with Crippen LogP contribution in [0.3, 0.4) is 0 Å². The average Bonchev–Trinajstić information content (AvgIpc) is 3.25. The van der Waals surface area contributed by atoms with Crippen LogP contribution in [0.15, 0.2) is 30.6 Å². The second kappa shape index (κ2) is 6.88. The zero-order valence-electron chi connectivity index (χ0n) is 13.9. The highest BCUT2D eigenvalue weighted by Crippen LogP contribution is 2.22. The Bertz CT molecular complexity index is 868. The van der Waals surface area contributed by atoms with Crippen molar-refractivity contribution in [3.05, 3.63) is 53.1 Å². The van der Waals surface area contributed by atoms with Crippen LogP contribution < -0.4 is 5.32 Å². The van der Waals surface area contributed by atoms with Crippen LogP contribution in [-0.4, -0.2) is 31.3 Å². The van der Waals surface area contributed by atoms with Crippen LogP contribution in [-0.2, 0) is 19.4 Å². The Balaban J connectivity index is 1.52. The fraction of sp³-hybridized carbons (Fsp3) is 0.333. The van der Waals surface area contributed by atoms with Gasteiger partial charge in [-0.2, -0.15) is 10.2 Å². The van der Waals surface area contributed by atoms with Gasteiger partial charge in [-0.05, 0) is 37.3 Å². The van der Waals surface area contributed by atoms with E-state index in [0.29, 0.717) is 17.9 Å². The van der Waals surface area contributed by atoms with Crippen molar-refractivity contribution < 1.29 is 4.79 Å². The first kappa shape index (κ1) is 15.6. The Hall–Kier alpha value is -2.96. The van der Waals surface area contributed by atoms with Crippen molar-refractivity contribution in [1.29, 1.82) is 0 Å². The molecule has 0 radical (unpaired) electrons. The van der Waals surface area contributed by atoms with Crippen LogP contribution in [0, 0.1) is 0 Å². The van der Waals surface area contributed by atoms with Crippen molar-refractivity contribution in [3.63, 3.8) is 0 Å². The molecule has 0 saturated heterocycles. The zero-order chi connectivity index (χ0) is 17.1. The van der Waals surface area contributed by atoms with Crippen LogP contribution in [0.25, 0.3) is 11.4 Å². The molecule has 0 bridgehead atoms. The van der Waals surface area contributed by atoms with Crippen LogP contribution in [0.1, 0.15) is 46.6 Å². The maximum atomic E-state index is 12.7. The number of carbonyl (C=O) groups excluding carboxylic acids is 1. The topological polar surface area (TPSA) is 99.3 Å². The predicted octanol–water partition coefficient (Wildman–Crippen LogP) is 2.39. The van der Waals surface area contributed by atoms with Crippen LogP contribution >= 0.6 is 0 Å². The molecule has 1 amide bonds. The van der Waals surface area contributed by atoms with Crippen molar-refractivity contribution in [2.24, 2.45) is 0 Å². The molecular weight excluding hydrogens is 316 g/mol. The van der Waals surface area contributed by atoms with E-state index in [2.05, 4.69) is 30.7 Å². The first-order valence-corrected chi connectivity index (χ1v) is 8.61. The summed E-state index contributed by atoms with van der Waals surface area (Å²) in [5, 5.41) is 17.2. The lowest BCUT2D eigenvalue weighted by Crippen LogP contribution is -2.24. The van der Waals surface area contributed by atoms with Crippen molar-refractivity contribution >= 4 is 5.91 Å². The number of aromatic amines is 2. The quantitative estimate of drug-likeness (QED) is 0.637. The molecule has 2 heterocycles. The molecule has 7 heteroatoms. The molecule has 0 unspecified atom stereocenters. The summed E-state index contributed by atoms with van der Waals surface area (Å²) in [6, 6.07) is 7.37. The van der Waals surface area contributed by atoms with Gasteiger partial charge in [-0.3, -0.25) is 15.0 Å². The number of amides is 1. The molecule has 7 nitrogen and oxygen atoms in total. The summed E-state index contributed by atoms with van der Waals surface area (Å²) in [6.07, 6.45) is 7.14. The van der Waals surface area contributed by atoms with E-state index in [1.165, 1.54) is 36.8 Å². The molecule has 1 aliphatic rings. The second-order valence-electron chi connectivity index (χ2n) is 6.25. The summed E-state index contributed by atoms with van der Waals surface area (Å²) < 4.78 is 0. The van der Waals surface area contributed by atoms with Crippen LogP contribution in [0.5, 0.6) is 0 Å². The first-order chi connectivity index (χ1) is 12.3. The number of hydrogen-bond donors (Lipinski definition) is 3. The van der Waals surface area contributed by atoms with E-state index < -0.39 is 0 Å². The lowest BCUT2D eigenvalue weighted by Gasteiger charge is -2.08. The smallest absolute Gasteiger partial charge is 0.252 e. The highest BCUT2D eigenvalue weighted by atomic mass is 16.1. The van der Waals surface area contributed by atoms with E-state index in [4.69, 9.17) is 0 Å². The Kier molecular flexibility index (Phi) is 4.28. The number of aryl methyl sites for hydroxylation is 1. The third-order valence-corrected chi connectivity index (χ3v) is 4.65. The van der Waals surface area contributed by atoms with Gasteiger partial charge < -0.3 is 5.32 Å². The van der Waals surface area contributed by atoms with Crippen molar-refractivity contribution in [1.82, 2.24) is 30.7 Å². The molecule has 2 aromatic heterocycles. The SMILES string of the molecule is O=C(NCc1n[nH]c2c1CCCCC2)c1ccccc1-c1ncn[nH]1. The standard InChI is InChI=1S/C18H20N6O/c25-18(13-7-5-4-6-12(13)17-20-11-21-24-17)19-10-16-14-8-2-1-3-9-15(14)22-23-16/h4-7,11H,1-3,8-10H2,(H,19,25)(H,22,23)(H,20,21,24). The maximum Gasteiger partial charge on any atom is 0.252 e. The number of rotatable bonds is 4. The minimum Gasteiger partial charge on any atom is -0.346 e. The molecular formula is C18H20N6O. The van der Waals surface area contributed by atoms with Crippen molar-refractivity contribution in [2.75, 3.05) is 0 Å². The number of benzene rings is 1. The van der Waals surface area contributed by atoms with E-state index in [-0.39, 0.29) is 5.91 Å². The second-order valence-corrected chi connectivity index (χ2v) is 6.25. The lowest BCUT2D eigenvalue weighted by atomic mass is 10.1. The predicted molar refractivity (Wildman–Crippen MR) is 92.8 cm³/mol. The summed E-state index contributed by atoms with van der Waals surface area (Å²) in [5.74, 6) is 0.441. The first-order valence-electron chi connectivity index (χ1n) is 8.61. The van der Waals surface area contributed by atoms with E-state index >= 15 is 0 Å². The van der Waals surface area contributed by atoms with Gasteiger partial charge in [-0.1, -0.05) is 24.6 Å². The molecule has 4 rings (SSSR count). The fourth-order valence-electron chi connectivity index (χ4n) is 3.35. The van der Waals surface area contributed by atoms with E-state index in [1.807, 2.05) is 18.2 Å². The number of fused-ring (bicyclic) bond motifs is 1. The molecule has 0 spiro atoms. The Morgan fingerprint density at radius 3 is 2.88 bits per heavy atom. The van der Waals surface area contributed by atoms with E-state index in [9.17, 15) is 4.79 Å². The number of nitrogens with zero attached hydrogens (tertiary/aromatic N) is 3. The van der Waals surface area contributed by atoms with Gasteiger partial charge in [0.2, 0.25) is 0 Å². The molecule has 0 saturated carbocycles. The molecule has 3 N–H and O–H groups in total. The van der Waals surface area contributed by atoms with Crippen molar-refractivity contribution in [3.8, 4) is 11.4 Å². The third-order valence-electron chi connectivity index (χ3n) is 4.65. The summed E-state index contributed by atoms with van der Waals surface area (Å²) in [4.78, 5) is 16.8. The van der Waals surface area contributed by atoms with Gasteiger partial charge in [-0.25, -0.2) is 4.98 Å². The summed E-state index contributed by atoms with van der Waals surface area (Å²) in [7, 11) is 0. The minimum absolute atomic E-state index is 0.141. The Morgan fingerprint density at radius 2 is 2.00 bits per heavy atom. The van der Waals surface area contributed by atoms with E-state index in [0.717, 1.165) is 24.1 Å². The molecule has 0 aliphatic heterocycles. The molecule has 0 atom stereocenters. The largest absolute Gasteiger partial charge is 0.346 e. The monoisotopic (exact) mass is 336 g/mol. The van der Waals surface area contributed by atoms with Gasteiger partial charge in [0.05, 0.1) is 17.8 Å². The molecule has 25 heavy (non-hydrogen) atoms.